The van der Waals surface area contributed by atoms with E-state index < -0.39 is 5.97 Å². The van der Waals surface area contributed by atoms with Crippen LogP contribution in [-0.4, -0.2) is 19.0 Å². The third-order valence-corrected chi connectivity index (χ3v) is 2.74. The van der Waals surface area contributed by atoms with E-state index in [1.54, 1.807) is 23.6 Å². The molecule has 5 heteroatoms. The zero-order chi connectivity index (χ0) is 12.7. The van der Waals surface area contributed by atoms with Crippen molar-refractivity contribution in [3.63, 3.8) is 0 Å². The number of amides is 1. The Morgan fingerprint density at radius 1 is 1.41 bits per heavy atom. The quantitative estimate of drug-likeness (QED) is 0.508. The number of hydrogen-bond donors (Lipinski definition) is 1. The van der Waals surface area contributed by atoms with Gasteiger partial charge >= 0.3 is 5.97 Å². The van der Waals surface area contributed by atoms with Gasteiger partial charge in [0.2, 0.25) is 5.91 Å². The summed E-state index contributed by atoms with van der Waals surface area (Å²) in [6, 6.07) is 1.66. The predicted octanol–water partition coefficient (Wildman–Crippen LogP) is 2.61. The van der Waals surface area contributed by atoms with E-state index in [1.807, 2.05) is 13.0 Å². The number of hydrogen-bond acceptors (Lipinski definition) is 4. The van der Waals surface area contributed by atoms with Crippen LogP contribution in [0.15, 0.2) is 35.8 Å². The van der Waals surface area contributed by atoms with Crippen molar-refractivity contribution in [1.82, 2.24) is 0 Å². The van der Waals surface area contributed by atoms with Crippen LogP contribution in [0.4, 0.5) is 5.69 Å². The third-order valence-electron chi connectivity index (χ3n) is 1.85. The van der Waals surface area contributed by atoms with Crippen molar-refractivity contribution in [2.24, 2.45) is 0 Å². The van der Waals surface area contributed by atoms with E-state index in [4.69, 9.17) is 0 Å². The van der Waals surface area contributed by atoms with Gasteiger partial charge in [0, 0.05) is 6.08 Å². The molecule has 0 bridgehead atoms. The zero-order valence-electron chi connectivity index (χ0n) is 9.60. The number of nitrogens with one attached hydrogen (secondary N) is 1. The van der Waals surface area contributed by atoms with Gasteiger partial charge in [-0.2, -0.15) is 0 Å². The van der Waals surface area contributed by atoms with Crippen molar-refractivity contribution in [2.45, 2.75) is 6.92 Å². The van der Waals surface area contributed by atoms with Crippen molar-refractivity contribution >= 4 is 28.9 Å². The molecule has 0 aliphatic rings. The Hall–Kier alpha value is -1.88. The Balaban J connectivity index is 2.72. The summed E-state index contributed by atoms with van der Waals surface area (Å²) < 4.78 is 4.61. The first-order valence-corrected chi connectivity index (χ1v) is 5.83. The lowest BCUT2D eigenvalue weighted by Gasteiger charge is -2.02. The molecule has 0 aromatic carbocycles. The zero-order valence-corrected chi connectivity index (χ0v) is 10.4. The highest BCUT2D eigenvalue weighted by atomic mass is 32.1. The van der Waals surface area contributed by atoms with Crippen LogP contribution in [0.3, 0.4) is 0 Å². The molecule has 4 nitrogen and oxygen atoms in total. The van der Waals surface area contributed by atoms with Gasteiger partial charge in [0.15, 0.2) is 0 Å². The third kappa shape index (κ3) is 3.88. The Morgan fingerprint density at radius 2 is 2.18 bits per heavy atom. The normalized spacial score (nSPS) is 10.9. The topological polar surface area (TPSA) is 55.4 Å². The van der Waals surface area contributed by atoms with Gasteiger partial charge in [-0.1, -0.05) is 18.2 Å². The molecule has 0 atom stereocenters. The number of esters is 1. The van der Waals surface area contributed by atoms with Crippen molar-refractivity contribution in [3.05, 3.63) is 40.6 Å². The molecule has 1 aromatic heterocycles. The summed E-state index contributed by atoms with van der Waals surface area (Å²) in [6.07, 6.45) is 6.57. The van der Waals surface area contributed by atoms with Crippen LogP contribution in [0.25, 0.3) is 0 Å². The predicted molar refractivity (Wildman–Crippen MR) is 68.2 cm³/mol. The second-order valence-corrected chi connectivity index (χ2v) is 3.95. The fourth-order valence-corrected chi connectivity index (χ4v) is 1.85. The van der Waals surface area contributed by atoms with Crippen LogP contribution in [-0.2, 0) is 9.53 Å². The van der Waals surface area contributed by atoms with Crippen molar-refractivity contribution < 1.29 is 14.3 Å². The van der Waals surface area contributed by atoms with Crippen molar-refractivity contribution in [1.29, 1.82) is 0 Å². The number of carbonyl (C=O) groups is 2. The van der Waals surface area contributed by atoms with Crippen LogP contribution in [0, 0.1) is 0 Å². The number of thiophene rings is 1. The smallest absolute Gasteiger partial charge is 0.350 e. The van der Waals surface area contributed by atoms with E-state index >= 15 is 0 Å². The molecule has 0 unspecified atom stereocenters. The molecular weight excluding hydrogens is 238 g/mol. The minimum absolute atomic E-state index is 0.286. The monoisotopic (exact) mass is 251 g/mol. The lowest BCUT2D eigenvalue weighted by molar-refractivity contribution is -0.111. The van der Waals surface area contributed by atoms with Crippen LogP contribution in [0.5, 0.6) is 0 Å². The molecule has 17 heavy (non-hydrogen) atoms. The van der Waals surface area contributed by atoms with E-state index in [9.17, 15) is 9.59 Å². The van der Waals surface area contributed by atoms with Gasteiger partial charge < -0.3 is 10.1 Å². The fraction of sp³-hybridized carbons (Fsp3) is 0.167. The Bertz CT molecular complexity index is 460. The van der Waals surface area contributed by atoms with Crippen molar-refractivity contribution in [2.75, 3.05) is 12.4 Å². The number of ether oxygens (including phenoxy) is 1. The molecule has 0 fully saturated rings. The summed E-state index contributed by atoms with van der Waals surface area (Å²) in [4.78, 5) is 23.2. The van der Waals surface area contributed by atoms with E-state index in [-0.39, 0.29) is 5.91 Å². The molecule has 90 valence electrons. The summed E-state index contributed by atoms with van der Waals surface area (Å²) in [5.41, 5.74) is 0.469. The summed E-state index contributed by atoms with van der Waals surface area (Å²) in [5.74, 6) is -0.737. The highest BCUT2D eigenvalue weighted by molar-refractivity contribution is 7.12. The van der Waals surface area contributed by atoms with E-state index in [0.29, 0.717) is 10.6 Å². The number of rotatable bonds is 4. The van der Waals surface area contributed by atoms with Gasteiger partial charge in [-0.05, 0) is 18.4 Å². The van der Waals surface area contributed by atoms with Gasteiger partial charge in [-0.3, -0.25) is 4.79 Å². The lowest BCUT2D eigenvalue weighted by Crippen LogP contribution is -2.10. The summed E-state index contributed by atoms with van der Waals surface area (Å²) in [7, 11) is 1.31. The van der Waals surface area contributed by atoms with E-state index in [1.165, 1.54) is 24.5 Å². The number of anilines is 1. The van der Waals surface area contributed by atoms with Gasteiger partial charge in [0.1, 0.15) is 4.88 Å². The maximum absolute atomic E-state index is 11.5. The highest BCUT2D eigenvalue weighted by Gasteiger charge is 2.14. The second kappa shape index (κ2) is 6.65. The Kier molecular flexibility index (Phi) is 5.16. The van der Waals surface area contributed by atoms with Crippen LogP contribution in [0.1, 0.15) is 16.6 Å². The number of allylic oxidation sites excluding steroid dienone is 3. The minimum atomic E-state index is -0.451. The first-order valence-electron chi connectivity index (χ1n) is 4.95. The second-order valence-electron chi connectivity index (χ2n) is 3.03. The first-order chi connectivity index (χ1) is 8.19. The molecule has 0 radical (unpaired) electrons. The molecule has 1 amide bonds. The molecule has 1 heterocycles. The molecule has 1 rings (SSSR count). The van der Waals surface area contributed by atoms with Crippen LogP contribution < -0.4 is 5.32 Å². The average molecular weight is 251 g/mol. The maximum Gasteiger partial charge on any atom is 0.350 e. The first kappa shape index (κ1) is 13.2. The molecule has 0 aliphatic carbocycles. The number of methoxy groups -OCH3 is 1. The Morgan fingerprint density at radius 3 is 2.82 bits per heavy atom. The van der Waals surface area contributed by atoms with Crippen LogP contribution >= 0.6 is 11.3 Å². The minimum Gasteiger partial charge on any atom is -0.465 e. The van der Waals surface area contributed by atoms with Gasteiger partial charge in [-0.25, -0.2) is 4.79 Å². The summed E-state index contributed by atoms with van der Waals surface area (Å²) >= 11 is 1.23. The molecule has 0 aliphatic heterocycles. The molecule has 0 spiro atoms. The number of carbonyl (C=O) groups excluding carboxylic acids is 2. The largest absolute Gasteiger partial charge is 0.465 e. The summed E-state index contributed by atoms with van der Waals surface area (Å²) in [6.45, 7) is 1.86. The van der Waals surface area contributed by atoms with Gasteiger partial charge in [0.05, 0.1) is 12.8 Å². The van der Waals surface area contributed by atoms with Crippen LogP contribution in [0.2, 0.25) is 0 Å². The van der Waals surface area contributed by atoms with E-state index in [0.717, 1.165) is 0 Å². The van der Waals surface area contributed by atoms with E-state index in [2.05, 4.69) is 10.1 Å². The molecule has 0 saturated carbocycles. The van der Waals surface area contributed by atoms with Gasteiger partial charge in [0.25, 0.3) is 0 Å². The SMILES string of the molecule is C/C=C/C=C/C(=O)Nc1ccsc1C(=O)OC. The highest BCUT2D eigenvalue weighted by Crippen LogP contribution is 2.22. The molecular formula is C12H13NO3S. The lowest BCUT2D eigenvalue weighted by atomic mass is 10.3. The van der Waals surface area contributed by atoms with Crippen molar-refractivity contribution in [3.8, 4) is 0 Å². The average Bonchev–Trinajstić information content (AvgIpc) is 2.76. The standard InChI is InChI=1S/C12H13NO3S/c1-3-4-5-6-10(14)13-9-7-8-17-11(9)12(15)16-2/h3-8H,1-2H3,(H,13,14)/b4-3+,6-5+. The molecule has 1 N–H and O–H groups in total. The van der Waals surface area contributed by atoms with Gasteiger partial charge in [-0.15, -0.1) is 11.3 Å². The Labute approximate surface area is 104 Å². The summed E-state index contributed by atoms with van der Waals surface area (Å²) in [5, 5.41) is 4.33. The molecule has 1 aromatic rings. The molecule has 0 saturated heterocycles. The maximum atomic E-state index is 11.5. The fourth-order valence-electron chi connectivity index (χ4n) is 1.09.